The molecule has 0 unspecified atom stereocenters. The third kappa shape index (κ3) is 4.65. The minimum absolute atomic E-state index is 0.197. The molecule has 0 radical (unpaired) electrons. The van der Waals surface area contributed by atoms with Gasteiger partial charge in [0, 0.05) is 16.9 Å². The molecule has 0 heterocycles. The number of benzene rings is 3. The van der Waals surface area contributed by atoms with Gasteiger partial charge in [0.2, 0.25) is 0 Å². The van der Waals surface area contributed by atoms with E-state index in [4.69, 9.17) is 11.6 Å². The third-order valence-corrected chi connectivity index (χ3v) is 5.35. The quantitative estimate of drug-likeness (QED) is 0.627. The van der Waals surface area contributed by atoms with Crippen LogP contribution in [0.15, 0.2) is 71.6 Å². The summed E-state index contributed by atoms with van der Waals surface area (Å²) in [5, 5.41) is 2.22. The van der Waals surface area contributed by atoms with Crippen LogP contribution in [-0.4, -0.2) is 14.3 Å². The molecular formula is C19H13ClF2N2O3S. The molecule has 0 bridgehead atoms. The highest BCUT2D eigenvalue weighted by Gasteiger charge is 2.16. The van der Waals surface area contributed by atoms with Crippen LogP contribution in [0, 0.1) is 11.6 Å². The van der Waals surface area contributed by atoms with E-state index in [2.05, 4.69) is 10.0 Å². The lowest BCUT2D eigenvalue weighted by molar-refractivity contribution is 0.102. The largest absolute Gasteiger partial charge is 0.322 e. The van der Waals surface area contributed by atoms with Crippen molar-refractivity contribution in [3.63, 3.8) is 0 Å². The SMILES string of the molecule is O=C(Nc1cccc(F)c1)c1ccc(NS(=O)(=O)c2ccc(F)c(Cl)c2)cc1. The maximum atomic E-state index is 13.2. The molecule has 5 nitrogen and oxygen atoms in total. The molecule has 0 aliphatic heterocycles. The summed E-state index contributed by atoms with van der Waals surface area (Å²) in [5.74, 6) is -1.69. The van der Waals surface area contributed by atoms with E-state index in [9.17, 15) is 22.0 Å². The van der Waals surface area contributed by atoms with E-state index >= 15 is 0 Å². The Morgan fingerprint density at radius 1 is 0.893 bits per heavy atom. The predicted octanol–water partition coefficient (Wildman–Crippen LogP) is 4.67. The standard InChI is InChI=1S/C19H13ClF2N2O3S/c20-17-11-16(8-9-18(17)22)28(26,27)24-14-6-4-12(5-7-14)19(25)23-15-3-1-2-13(21)10-15/h1-11,24H,(H,23,25). The second-order valence-electron chi connectivity index (χ2n) is 5.72. The normalized spacial score (nSPS) is 11.1. The molecule has 0 saturated carbocycles. The zero-order valence-electron chi connectivity index (χ0n) is 14.1. The number of carbonyl (C=O) groups is 1. The maximum Gasteiger partial charge on any atom is 0.261 e. The molecule has 2 N–H and O–H groups in total. The first kappa shape index (κ1) is 19.8. The molecule has 0 aromatic heterocycles. The van der Waals surface area contributed by atoms with Crippen LogP contribution in [0.4, 0.5) is 20.2 Å². The van der Waals surface area contributed by atoms with Crippen molar-refractivity contribution in [1.29, 1.82) is 0 Å². The zero-order valence-corrected chi connectivity index (χ0v) is 15.7. The topological polar surface area (TPSA) is 75.3 Å². The Morgan fingerprint density at radius 3 is 2.25 bits per heavy atom. The first-order valence-corrected chi connectivity index (χ1v) is 9.75. The Labute approximate surface area is 165 Å². The van der Waals surface area contributed by atoms with Crippen molar-refractivity contribution in [2.45, 2.75) is 4.90 Å². The predicted molar refractivity (Wildman–Crippen MR) is 103 cm³/mol. The molecule has 9 heteroatoms. The number of rotatable bonds is 5. The van der Waals surface area contributed by atoms with Gasteiger partial charge in [-0.15, -0.1) is 0 Å². The van der Waals surface area contributed by atoms with Crippen LogP contribution in [0.5, 0.6) is 0 Å². The molecule has 3 aromatic carbocycles. The second-order valence-corrected chi connectivity index (χ2v) is 7.81. The lowest BCUT2D eigenvalue weighted by Crippen LogP contribution is -2.14. The molecular weight excluding hydrogens is 410 g/mol. The molecule has 0 saturated heterocycles. The summed E-state index contributed by atoms with van der Waals surface area (Å²) in [6.07, 6.45) is 0. The third-order valence-electron chi connectivity index (χ3n) is 3.68. The summed E-state index contributed by atoms with van der Waals surface area (Å²) in [7, 11) is -3.98. The molecule has 1 amide bonds. The van der Waals surface area contributed by atoms with Crippen LogP contribution < -0.4 is 10.0 Å². The van der Waals surface area contributed by atoms with Gasteiger partial charge in [-0.3, -0.25) is 9.52 Å². The van der Waals surface area contributed by atoms with Gasteiger partial charge in [-0.1, -0.05) is 17.7 Å². The number of nitrogens with one attached hydrogen (secondary N) is 2. The number of sulfonamides is 1. The van der Waals surface area contributed by atoms with Gasteiger partial charge >= 0.3 is 0 Å². The highest BCUT2D eigenvalue weighted by Crippen LogP contribution is 2.22. The highest BCUT2D eigenvalue weighted by molar-refractivity contribution is 7.92. The average molecular weight is 423 g/mol. The van der Waals surface area contributed by atoms with E-state index in [1.54, 1.807) is 0 Å². The lowest BCUT2D eigenvalue weighted by Gasteiger charge is -2.10. The Morgan fingerprint density at radius 2 is 1.61 bits per heavy atom. The molecule has 3 rings (SSSR count). The lowest BCUT2D eigenvalue weighted by atomic mass is 10.2. The van der Waals surface area contributed by atoms with E-state index in [1.165, 1.54) is 48.5 Å². The Balaban J connectivity index is 1.73. The molecule has 144 valence electrons. The summed E-state index contributed by atoms with van der Waals surface area (Å²) in [4.78, 5) is 12.0. The van der Waals surface area contributed by atoms with Crippen LogP contribution >= 0.6 is 11.6 Å². The molecule has 0 aliphatic carbocycles. The molecule has 0 atom stereocenters. The summed E-state index contributed by atoms with van der Waals surface area (Å²) >= 11 is 5.62. The van der Waals surface area contributed by atoms with Crippen molar-refractivity contribution in [2.75, 3.05) is 10.0 Å². The fraction of sp³-hybridized carbons (Fsp3) is 0. The van der Waals surface area contributed by atoms with Crippen LogP contribution in [-0.2, 0) is 10.0 Å². The Bertz CT molecular complexity index is 1140. The average Bonchev–Trinajstić information content (AvgIpc) is 2.64. The summed E-state index contributed by atoms with van der Waals surface area (Å²) < 4.78 is 53.4. The van der Waals surface area contributed by atoms with Crippen molar-refractivity contribution in [1.82, 2.24) is 0 Å². The maximum absolute atomic E-state index is 13.2. The van der Waals surface area contributed by atoms with Crippen molar-refractivity contribution < 1.29 is 22.0 Å². The number of hydrogen-bond acceptors (Lipinski definition) is 3. The van der Waals surface area contributed by atoms with Gasteiger partial charge < -0.3 is 5.32 Å². The van der Waals surface area contributed by atoms with Gasteiger partial charge in [-0.05, 0) is 60.7 Å². The second kappa shape index (κ2) is 7.95. The van der Waals surface area contributed by atoms with E-state index < -0.39 is 27.6 Å². The molecule has 3 aromatic rings. The minimum Gasteiger partial charge on any atom is -0.322 e. The van der Waals surface area contributed by atoms with Gasteiger partial charge in [0.15, 0.2) is 0 Å². The van der Waals surface area contributed by atoms with E-state index in [0.717, 1.165) is 18.2 Å². The Hall–Kier alpha value is -2.97. The van der Waals surface area contributed by atoms with Gasteiger partial charge in [0.25, 0.3) is 15.9 Å². The summed E-state index contributed by atoms with van der Waals surface area (Å²) in [5.41, 5.74) is 0.739. The minimum atomic E-state index is -3.98. The van der Waals surface area contributed by atoms with Crippen molar-refractivity contribution in [2.24, 2.45) is 0 Å². The molecule has 28 heavy (non-hydrogen) atoms. The van der Waals surface area contributed by atoms with Crippen molar-refractivity contribution in [3.8, 4) is 0 Å². The zero-order chi connectivity index (χ0) is 20.3. The first-order valence-electron chi connectivity index (χ1n) is 7.89. The molecule has 0 aliphatic rings. The van der Waals surface area contributed by atoms with Crippen molar-refractivity contribution >= 4 is 38.9 Å². The highest BCUT2D eigenvalue weighted by atomic mass is 35.5. The van der Waals surface area contributed by atoms with Gasteiger partial charge in [-0.25, -0.2) is 17.2 Å². The first-order chi connectivity index (χ1) is 13.2. The number of hydrogen-bond donors (Lipinski definition) is 2. The van der Waals surface area contributed by atoms with Crippen LogP contribution in [0.2, 0.25) is 5.02 Å². The molecule has 0 fully saturated rings. The summed E-state index contributed by atoms with van der Waals surface area (Å²) in [6, 6.07) is 14.1. The van der Waals surface area contributed by atoms with E-state index in [-0.39, 0.29) is 21.2 Å². The number of amides is 1. The van der Waals surface area contributed by atoms with Crippen LogP contribution in [0.3, 0.4) is 0 Å². The number of anilines is 2. The van der Waals surface area contributed by atoms with Gasteiger partial charge in [0.05, 0.1) is 9.92 Å². The fourth-order valence-corrected chi connectivity index (χ4v) is 3.65. The van der Waals surface area contributed by atoms with E-state index in [1.807, 2.05) is 0 Å². The Kier molecular flexibility index (Phi) is 5.62. The van der Waals surface area contributed by atoms with Crippen LogP contribution in [0.25, 0.3) is 0 Å². The summed E-state index contributed by atoms with van der Waals surface area (Å²) in [6.45, 7) is 0. The van der Waals surface area contributed by atoms with Crippen molar-refractivity contribution in [3.05, 3.63) is 89.0 Å². The number of halogens is 3. The van der Waals surface area contributed by atoms with Gasteiger partial charge in [-0.2, -0.15) is 0 Å². The smallest absolute Gasteiger partial charge is 0.261 e. The molecule has 0 spiro atoms. The van der Waals surface area contributed by atoms with Gasteiger partial charge in [0.1, 0.15) is 11.6 Å². The van der Waals surface area contributed by atoms with E-state index in [0.29, 0.717) is 5.69 Å². The van der Waals surface area contributed by atoms with Crippen LogP contribution in [0.1, 0.15) is 10.4 Å². The fourth-order valence-electron chi connectivity index (χ4n) is 2.32. The number of carbonyl (C=O) groups excluding carboxylic acids is 1. The monoisotopic (exact) mass is 422 g/mol.